The van der Waals surface area contributed by atoms with E-state index in [-0.39, 0.29) is 17.0 Å². The summed E-state index contributed by atoms with van der Waals surface area (Å²) in [5, 5.41) is 31.4. The van der Waals surface area contributed by atoms with Crippen LogP contribution in [0.5, 0.6) is 0 Å². The van der Waals surface area contributed by atoms with Crippen molar-refractivity contribution < 1.29 is 38.6 Å². The van der Waals surface area contributed by atoms with Crippen molar-refractivity contribution in [1.29, 1.82) is 0 Å². The SMILES string of the molecule is Nc1c2ncn(C3O[C@H](COP(=O)(O)O)[C@@H](O)[C@H]3O)c2nc[n+]1[O-]. The molecular formula is C10H14N5O8P. The fourth-order valence-electron chi connectivity index (χ4n) is 2.39. The van der Waals surface area contributed by atoms with Crippen molar-refractivity contribution in [2.45, 2.75) is 24.5 Å². The molecule has 2 aromatic heterocycles. The monoisotopic (exact) mass is 363 g/mol. The maximum absolute atomic E-state index is 11.4. The first kappa shape index (κ1) is 17.0. The van der Waals surface area contributed by atoms with Crippen molar-refractivity contribution >= 4 is 24.8 Å². The Morgan fingerprint density at radius 2 is 2.12 bits per heavy atom. The van der Waals surface area contributed by atoms with Gasteiger partial charge in [-0.1, -0.05) is 4.98 Å². The van der Waals surface area contributed by atoms with E-state index in [1.54, 1.807) is 0 Å². The van der Waals surface area contributed by atoms with Gasteiger partial charge < -0.3 is 35.7 Å². The maximum atomic E-state index is 11.4. The van der Waals surface area contributed by atoms with Gasteiger partial charge in [0.2, 0.25) is 12.0 Å². The Kier molecular flexibility index (Phi) is 4.17. The quantitative estimate of drug-likeness (QED) is 0.216. The summed E-state index contributed by atoms with van der Waals surface area (Å²) < 4.78 is 22.0. The molecule has 0 saturated carbocycles. The minimum Gasteiger partial charge on any atom is -0.740 e. The van der Waals surface area contributed by atoms with E-state index in [0.29, 0.717) is 4.73 Å². The second-order valence-corrected chi connectivity index (χ2v) is 6.35. The highest BCUT2D eigenvalue weighted by atomic mass is 31.2. The van der Waals surface area contributed by atoms with Gasteiger partial charge in [-0.2, -0.15) is 0 Å². The Labute approximate surface area is 133 Å². The third kappa shape index (κ3) is 2.93. The summed E-state index contributed by atoms with van der Waals surface area (Å²) in [7, 11) is -4.75. The van der Waals surface area contributed by atoms with Gasteiger partial charge in [0, 0.05) is 0 Å². The number of imidazole rings is 1. The lowest BCUT2D eigenvalue weighted by Crippen LogP contribution is -2.33. The summed E-state index contributed by atoms with van der Waals surface area (Å²) in [4.78, 5) is 25.2. The number of nitrogens with two attached hydrogens (primary N) is 1. The molecule has 2 aromatic rings. The molecule has 1 aliphatic heterocycles. The lowest BCUT2D eigenvalue weighted by atomic mass is 10.1. The molecule has 0 aliphatic carbocycles. The average molecular weight is 363 g/mol. The van der Waals surface area contributed by atoms with Crippen LogP contribution in [0.4, 0.5) is 5.82 Å². The molecule has 1 aliphatic rings. The van der Waals surface area contributed by atoms with Gasteiger partial charge in [0.25, 0.3) is 5.82 Å². The molecule has 1 saturated heterocycles. The molecule has 14 heteroatoms. The number of fused-ring (bicyclic) bond motifs is 1. The molecule has 0 radical (unpaired) electrons. The van der Waals surface area contributed by atoms with Crippen molar-refractivity contribution in [3.05, 3.63) is 17.9 Å². The average Bonchev–Trinajstić information content (AvgIpc) is 3.04. The Bertz CT molecular complexity index is 808. The zero-order valence-electron chi connectivity index (χ0n) is 11.9. The van der Waals surface area contributed by atoms with E-state index in [9.17, 15) is 20.0 Å². The second kappa shape index (κ2) is 5.89. The minimum atomic E-state index is -4.75. The van der Waals surface area contributed by atoms with Gasteiger partial charge in [-0.3, -0.25) is 9.09 Å². The van der Waals surface area contributed by atoms with Crippen molar-refractivity contribution in [3.8, 4) is 0 Å². The molecule has 13 nitrogen and oxygen atoms in total. The van der Waals surface area contributed by atoms with E-state index in [4.69, 9.17) is 20.3 Å². The number of phosphoric ester groups is 1. The molecule has 24 heavy (non-hydrogen) atoms. The van der Waals surface area contributed by atoms with E-state index in [2.05, 4.69) is 14.5 Å². The molecule has 0 amide bonds. The van der Waals surface area contributed by atoms with Crippen LogP contribution in [0.3, 0.4) is 0 Å². The molecule has 4 atom stereocenters. The first-order chi connectivity index (χ1) is 11.2. The zero-order valence-corrected chi connectivity index (χ0v) is 12.8. The first-order valence-electron chi connectivity index (χ1n) is 6.61. The molecule has 1 fully saturated rings. The fraction of sp³-hybridized carbons (Fsp3) is 0.500. The van der Waals surface area contributed by atoms with Crippen LogP contribution in [0.2, 0.25) is 0 Å². The van der Waals surface area contributed by atoms with Gasteiger partial charge in [0.05, 0.1) is 6.61 Å². The van der Waals surface area contributed by atoms with Crippen LogP contribution in [-0.4, -0.2) is 59.5 Å². The number of aliphatic hydroxyl groups is 2. The first-order valence-corrected chi connectivity index (χ1v) is 8.14. The predicted molar refractivity (Wildman–Crippen MR) is 74.8 cm³/mol. The lowest BCUT2D eigenvalue weighted by molar-refractivity contribution is -0.592. The number of hydrogen-bond donors (Lipinski definition) is 5. The topological polar surface area (TPSA) is 200 Å². The number of hydrogen-bond acceptors (Lipinski definition) is 9. The molecule has 0 bridgehead atoms. The van der Waals surface area contributed by atoms with Gasteiger partial charge in [0.1, 0.15) is 24.6 Å². The number of aromatic nitrogens is 4. The van der Waals surface area contributed by atoms with E-state index < -0.39 is 39.0 Å². The number of anilines is 1. The maximum Gasteiger partial charge on any atom is 0.469 e. The van der Waals surface area contributed by atoms with Crippen LogP contribution < -0.4 is 10.5 Å². The van der Waals surface area contributed by atoms with E-state index in [1.807, 2.05) is 0 Å². The van der Waals surface area contributed by atoms with Crippen LogP contribution in [0.25, 0.3) is 11.2 Å². The summed E-state index contributed by atoms with van der Waals surface area (Å²) in [5.74, 6) is -0.201. The third-order valence-electron chi connectivity index (χ3n) is 3.55. The summed E-state index contributed by atoms with van der Waals surface area (Å²) in [6.45, 7) is -0.637. The number of ether oxygens (including phenoxy) is 1. The van der Waals surface area contributed by atoms with E-state index >= 15 is 0 Å². The standard InChI is InChI=1S/C10H14N5O8P/c11-8-5-9(13-3-15(8)18)14(2-12-5)10-7(17)6(16)4(23-10)1-22-24(19,20)21/h2-4,6-7,10,16-17H,1,11H2,(H2,19,20,21)/t4-,6-,7-,10?/m1/s1. The Morgan fingerprint density at radius 3 is 2.79 bits per heavy atom. The third-order valence-corrected chi connectivity index (χ3v) is 4.04. The summed E-state index contributed by atoms with van der Waals surface area (Å²) in [6.07, 6.45) is -3.16. The van der Waals surface area contributed by atoms with Crippen molar-refractivity contribution in [2.75, 3.05) is 12.3 Å². The number of rotatable bonds is 4. The highest BCUT2D eigenvalue weighted by molar-refractivity contribution is 7.46. The van der Waals surface area contributed by atoms with Crippen LogP contribution in [0.15, 0.2) is 12.7 Å². The molecule has 132 valence electrons. The molecule has 1 unspecified atom stereocenters. The van der Waals surface area contributed by atoms with Crippen LogP contribution in [0, 0.1) is 5.21 Å². The van der Waals surface area contributed by atoms with Crippen molar-refractivity contribution in [1.82, 2.24) is 14.5 Å². The van der Waals surface area contributed by atoms with Crippen LogP contribution in [-0.2, 0) is 13.8 Å². The highest BCUT2D eigenvalue weighted by Gasteiger charge is 2.45. The largest absolute Gasteiger partial charge is 0.740 e. The normalized spacial score (nSPS) is 27.8. The minimum absolute atomic E-state index is 0.0766. The molecule has 6 N–H and O–H groups in total. The fourth-order valence-corrected chi connectivity index (χ4v) is 2.73. The zero-order chi connectivity index (χ0) is 17.6. The van der Waals surface area contributed by atoms with Gasteiger partial charge in [0.15, 0.2) is 11.7 Å². The lowest BCUT2D eigenvalue weighted by Gasteiger charge is -2.15. The van der Waals surface area contributed by atoms with E-state index in [1.165, 1.54) is 10.9 Å². The van der Waals surface area contributed by atoms with Crippen molar-refractivity contribution in [2.24, 2.45) is 0 Å². The van der Waals surface area contributed by atoms with Crippen LogP contribution >= 0.6 is 7.82 Å². The number of nitrogen functional groups attached to an aromatic ring is 1. The van der Waals surface area contributed by atoms with E-state index in [0.717, 1.165) is 6.33 Å². The molecule has 0 spiro atoms. The molecule has 3 heterocycles. The number of phosphoric acid groups is 1. The van der Waals surface area contributed by atoms with Gasteiger partial charge >= 0.3 is 7.82 Å². The number of aliphatic hydroxyl groups excluding tert-OH is 2. The van der Waals surface area contributed by atoms with Gasteiger partial charge in [-0.15, -0.1) is 0 Å². The summed E-state index contributed by atoms with van der Waals surface area (Å²) >= 11 is 0. The Balaban J connectivity index is 1.88. The summed E-state index contributed by atoms with van der Waals surface area (Å²) in [6, 6.07) is 0. The predicted octanol–water partition coefficient (Wildman–Crippen LogP) is -2.62. The molecule has 0 aromatic carbocycles. The molecule has 3 rings (SSSR count). The second-order valence-electron chi connectivity index (χ2n) is 5.11. The smallest absolute Gasteiger partial charge is 0.469 e. The van der Waals surface area contributed by atoms with Gasteiger partial charge in [-0.05, 0) is 0 Å². The number of nitrogens with zero attached hydrogens (tertiary/aromatic N) is 4. The summed E-state index contributed by atoms with van der Waals surface area (Å²) in [5.41, 5.74) is 5.80. The Morgan fingerprint density at radius 1 is 1.42 bits per heavy atom. The van der Waals surface area contributed by atoms with Crippen LogP contribution in [0.1, 0.15) is 6.23 Å². The molecular weight excluding hydrogens is 349 g/mol. The van der Waals surface area contributed by atoms with Crippen molar-refractivity contribution in [3.63, 3.8) is 0 Å². The highest BCUT2D eigenvalue weighted by Crippen LogP contribution is 2.38. The Hall–Kier alpha value is -1.86. The van der Waals surface area contributed by atoms with Gasteiger partial charge in [-0.25, -0.2) is 14.3 Å².